The van der Waals surface area contributed by atoms with Crippen molar-refractivity contribution in [1.29, 1.82) is 0 Å². The van der Waals surface area contributed by atoms with Crippen LogP contribution in [0.4, 0.5) is 23.8 Å². The number of amides is 2. The molecule has 0 bridgehead atoms. The van der Waals surface area contributed by atoms with Crippen molar-refractivity contribution in [3.05, 3.63) is 65.4 Å². The van der Waals surface area contributed by atoms with E-state index in [2.05, 4.69) is 15.3 Å². The third-order valence-electron chi connectivity index (χ3n) is 5.94. The summed E-state index contributed by atoms with van der Waals surface area (Å²) in [5, 5.41) is 2.53. The van der Waals surface area contributed by atoms with Crippen LogP contribution in [0.15, 0.2) is 48.5 Å². The van der Waals surface area contributed by atoms with Gasteiger partial charge in [0.1, 0.15) is 6.04 Å². The lowest BCUT2D eigenvalue weighted by Crippen LogP contribution is -2.42. The van der Waals surface area contributed by atoms with E-state index in [1.54, 1.807) is 19.9 Å². The molecule has 2 aromatic carbocycles. The molecule has 230 valence electrons. The Morgan fingerprint density at radius 1 is 0.860 bits per heavy atom. The summed E-state index contributed by atoms with van der Waals surface area (Å²) in [6.45, 7) is 4.49. The molecule has 11 nitrogen and oxygen atoms in total. The van der Waals surface area contributed by atoms with Crippen LogP contribution in [0.25, 0.3) is 11.0 Å². The Labute approximate surface area is 245 Å². The number of esters is 2. The third kappa shape index (κ3) is 8.87. The largest absolute Gasteiger partial charge is 0.466 e. The third-order valence-corrected chi connectivity index (χ3v) is 5.94. The van der Waals surface area contributed by atoms with Crippen molar-refractivity contribution in [2.45, 2.75) is 52.4 Å². The second-order valence-corrected chi connectivity index (χ2v) is 8.99. The number of hydrogen-bond donors (Lipinski definition) is 1. The SMILES string of the molecule is CCOC(=O)CCC(NC(=O)c1ccc(CN(C(=O)OCC)c2nc3ccccc3nc2C(F)(F)F)cc1)C(=O)OCC. The second kappa shape index (κ2) is 14.9. The van der Waals surface area contributed by atoms with Crippen LogP contribution in [-0.2, 0) is 36.5 Å². The number of para-hydroxylation sites is 2. The maximum Gasteiger partial charge on any atom is 0.437 e. The van der Waals surface area contributed by atoms with E-state index in [1.165, 1.54) is 49.4 Å². The molecule has 0 radical (unpaired) electrons. The normalized spacial score (nSPS) is 11.9. The van der Waals surface area contributed by atoms with Gasteiger partial charge < -0.3 is 19.5 Å². The van der Waals surface area contributed by atoms with Gasteiger partial charge in [0, 0.05) is 12.0 Å². The van der Waals surface area contributed by atoms with E-state index in [0.29, 0.717) is 5.56 Å². The van der Waals surface area contributed by atoms with Crippen LogP contribution in [-0.4, -0.2) is 59.8 Å². The number of carbonyl (C=O) groups is 4. The summed E-state index contributed by atoms with van der Waals surface area (Å²) in [6.07, 6.45) is -6.18. The zero-order chi connectivity index (χ0) is 31.6. The summed E-state index contributed by atoms with van der Waals surface area (Å²) in [5.74, 6) is -2.65. The first-order valence-corrected chi connectivity index (χ1v) is 13.5. The van der Waals surface area contributed by atoms with Gasteiger partial charge in [-0.3, -0.25) is 14.5 Å². The molecule has 0 aliphatic carbocycles. The molecule has 1 N–H and O–H groups in total. The van der Waals surface area contributed by atoms with Gasteiger partial charge in [-0.25, -0.2) is 19.6 Å². The van der Waals surface area contributed by atoms with Crippen LogP contribution >= 0.6 is 0 Å². The van der Waals surface area contributed by atoms with Crippen molar-refractivity contribution in [2.24, 2.45) is 0 Å². The Morgan fingerprint density at radius 3 is 2.05 bits per heavy atom. The lowest BCUT2D eigenvalue weighted by atomic mass is 10.1. The molecule has 0 aliphatic rings. The number of nitrogens with one attached hydrogen (secondary N) is 1. The van der Waals surface area contributed by atoms with Gasteiger partial charge in [-0.1, -0.05) is 24.3 Å². The topological polar surface area (TPSA) is 137 Å². The number of hydrogen-bond acceptors (Lipinski definition) is 9. The number of anilines is 1. The van der Waals surface area contributed by atoms with Gasteiger partial charge in [-0.2, -0.15) is 13.2 Å². The molecule has 14 heteroatoms. The molecule has 0 spiro atoms. The Hall–Kier alpha value is -4.75. The molecular weight excluding hydrogens is 573 g/mol. The lowest BCUT2D eigenvalue weighted by Gasteiger charge is -2.24. The predicted molar refractivity (Wildman–Crippen MR) is 148 cm³/mol. The molecule has 43 heavy (non-hydrogen) atoms. The van der Waals surface area contributed by atoms with E-state index < -0.39 is 47.7 Å². The van der Waals surface area contributed by atoms with E-state index in [-0.39, 0.29) is 55.8 Å². The monoisotopic (exact) mass is 604 g/mol. The zero-order valence-electron chi connectivity index (χ0n) is 23.8. The van der Waals surface area contributed by atoms with Crippen molar-refractivity contribution >= 4 is 40.8 Å². The zero-order valence-corrected chi connectivity index (χ0v) is 23.8. The van der Waals surface area contributed by atoms with Crippen LogP contribution in [0.3, 0.4) is 0 Å². The van der Waals surface area contributed by atoms with Gasteiger partial charge in [-0.15, -0.1) is 0 Å². The van der Waals surface area contributed by atoms with Crippen LogP contribution in [0.5, 0.6) is 0 Å². The number of ether oxygens (including phenoxy) is 3. The number of halogens is 3. The first-order valence-electron chi connectivity index (χ1n) is 13.5. The fraction of sp³-hybridized carbons (Fsp3) is 0.379. The van der Waals surface area contributed by atoms with E-state index in [0.717, 1.165) is 4.90 Å². The summed E-state index contributed by atoms with van der Waals surface area (Å²) in [5.41, 5.74) is -0.759. The van der Waals surface area contributed by atoms with Crippen molar-refractivity contribution in [3.8, 4) is 0 Å². The Morgan fingerprint density at radius 2 is 1.47 bits per heavy atom. The highest BCUT2D eigenvalue weighted by Crippen LogP contribution is 2.36. The minimum atomic E-state index is -4.93. The van der Waals surface area contributed by atoms with Gasteiger partial charge in [-0.05, 0) is 57.0 Å². The Balaban J connectivity index is 1.86. The predicted octanol–water partition coefficient (Wildman–Crippen LogP) is 4.82. The van der Waals surface area contributed by atoms with E-state index in [1.807, 2.05) is 0 Å². The molecule has 0 saturated heterocycles. The van der Waals surface area contributed by atoms with Gasteiger partial charge >= 0.3 is 24.2 Å². The average Bonchev–Trinajstić information content (AvgIpc) is 2.97. The van der Waals surface area contributed by atoms with Crippen LogP contribution in [0.2, 0.25) is 0 Å². The molecule has 1 aromatic heterocycles. The minimum Gasteiger partial charge on any atom is -0.466 e. The molecular formula is C29H31F3N4O7. The van der Waals surface area contributed by atoms with Crippen LogP contribution < -0.4 is 10.2 Å². The van der Waals surface area contributed by atoms with E-state index in [4.69, 9.17) is 14.2 Å². The number of carbonyl (C=O) groups excluding carboxylic acids is 4. The fourth-order valence-electron chi connectivity index (χ4n) is 3.97. The summed E-state index contributed by atoms with van der Waals surface area (Å²) >= 11 is 0. The van der Waals surface area contributed by atoms with E-state index in [9.17, 15) is 32.3 Å². The van der Waals surface area contributed by atoms with Crippen molar-refractivity contribution < 1.29 is 46.6 Å². The van der Waals surface area contributed by atoms with Crippen molar-refractivity contribution in [3.63, 3.8) is 0 Å². The quantitative estimate of drug-likeness (QED) is 0.228. The number of aromatic nitrogens is 2. The molecule has 0 aliphatic heterocycles. The first kappa shape index (κ1) is 32.8. The number of alkyl halides is 3. The van der Waals surface area contributed by atoms with Crippen LogP contribution in [0, 0.1) is 0 Å². The standard InChI is InChI=1S/C29H31F3N4O7/c1-4-41-23(37)16-15-22(27(39)42-5-2)35-26(38)19-13-11-18(12-14-19)17-36(28(40)43-6-3)25-24(29(30,31)32)33-20-9-7-8-10-21(20)34-25/h7-14,22H,4-6,15-17H2,1-3H3,(H,35,38). The summed E-state index contributed by atoms with van der Waals surface area (Å²) in [4.78, 5) is 58.4. The molecule has 1 unspecified atom stereocenters. The highest BCUT2D eigenvalue weighted by atomic mass is 19.4. The smallest absolute Gasteiger partial charge is 0.437 e. The average molecular weight is 605 g/mol. The molecule has 1 atom stereocenters. The van der Waals surface area contributed by atoms with Gasteiger partial charge in [0.2, 0.25) is 0 Å². The van der Waals surface area contributed by atoms with Gasteiger partial charge in [0.25, 0.3) is 5.91 Å². The van der Waals surface area contributed by atoms with Gasteiger partial charge in [0.05, 0.1) is 37.4 Å². The maximum atomic E-state index is 14.0. The number of nitrogens with zero attached hydrogens (tertiary/aromatic N) is 3. The Kier molecular flexibility index (Phi) is 11.4. The molecule has 2 amide bonds. The lowest BCUT2D eigenvalue weighted by molar-refractivity contribution is -0.147. The number of benzene rings is 2. The maximum absolute atomic E-state index is 14.0. The number of rotatable bonds is 12. The molecule has 3 rings (SSSR count). The van der Waals surface area contributed by atoms with Crippen LogP contribution in [0.1, 0.15) is 55.2 Å². The molecule has 0 saturated carbocycles. The van der Waals surface area contributed by atoms with Crippen molar-refractivity contribution in [1.82, 2.24) is 15.3 Å². The Bertz CT molecular complexity index is 1450. The summed E-state index contributed by atoms with van der Waals surface area (Å²) < 4.78 is 57.0. The molecule has 3 aromatic rings. The number of fused-ring (bicyclic) bond motifs is 1. The highest BCUT2D eigenvalue weighted by molar-refractivity contribution is 5.97. The minimum absolute atomic E-state index is 0.00104. The second-order valence-electron chi connectivity index (χ2n) is 8.99. The van der Waals surface area contributed by atoms with E-state index >= 15 is 0 Å². The molecule has 1 heterocycles. The summed E-state index contributed by atoms with van der Waals surface area (Å²) in [7, 11) is 0. The van der Waals surface area contributed by atoms with Gasteiger partial charge in [0.15, 0.2) is 11.5 Å². The van der Waals surface area contributed by atoms with Crippen molar-refractivity contribution in [2.75, 3.05) is 24.7 Å². The first-order chi connectivity index (χ1) is 20.5. The highest BCUT2D eigenvalue weighted by Gasteiger charge is 2.40. The molecule has 0 fully saturated rings. The fourth-order valence-corrected chi connectivity index (χ4v) is 3.97. The summed E-state index contributed by atoms with van der Waals surface area (Å²) in [6, 6.07) is 10.4.